The molecule has 2 atom stereocenters. The van der Waals surface area contributed by atoms with Crippen molar-refractivity contribution in [2.24, 2.45) is 9.98 Å². The molecule has 0 heterocycles. The smallest absolute Gasteiger partial charge is 0.101 e. The number of aryl methyl sites for hydroxylation is 6. The fourth-order valence-electron chi connectivity index (χ4n) is 5.10. The molecule has 0 N–H and O–H groups in total. The minimum Gasteiger partial charge on any atom is -0.282 e. The SMILES string of the molecule is Cc1cc(C)c(C=N[C@H](c2ccccc2)[C@H](N=Cc2c(C)cc(C)cc2C)c2ccccc2)c(C)c1. The summed E-state index contributed by atoms with van der Waals surface area (Å²) in [6, 6.07) is 29.7. The highest BCUT2D eigenvalue weighted by molar-refractivity contribution is 5.85. The van der Waals surface area contributed by atoms with Gasteiger partial charge in [-0.2, -0.15) is 0 Å². The van der Waals surface area contributed by atoms with Crippen molar-refractivity contribution in [3.05, 3.63) is 141 Å². The molecular formula is C34H36N2. The number of hydrogen-bond acceptors (Lipinski definition) is 2. The number of rotatable bonds is 7. The molecule has 4 rings (SSSR count). The van der Waals surface area contributed by atoms with Crippen LogP contribution < -0.4 is 0 Å². The lowest BCUT2D eigenvalue weighted by Crippen LogP contribution is -2.10. The topological polar surface area (TPSA) is 24.7 Å². The second-order valence-corrected chi connectivity index (χ2v) is 9.89. The first-order valence-electron chi connectivity index (χ1n) is 12.7. The molecule has 0 saturated heterocycles. The average molecular weight is 473 g/mol. The zero-order valence-corrected chi connectivity index (χ0v) is 22.3. The Morgan fingerprint density at radius 2 is 0.778 bits per heavy atom. The largest absolute Gasteiger partial charge is 0.282 e. The van der Waals surface area contributed by atoms with Crippen LogP contribution in [0.2, 0.25) is 0 Å². The third-order valence-electron chi connectivity index (χ3n) is 6.79. The quantitative estimate of drug-likeness (QED) is 0.241. The summed E-state index contributed by atoms with van der Waals surface area (Å²) in [6.07, 6.45) is 4.10. The van der Waals surface area contributed by atoms with E-state index in [4.69, 9.17) is 9.98 Å². The third kappa shape index (κ3) is 5.88. The number of aliphatic imine (C=N–C) groups is 2. The van der Waals surface area contributed by atoms with Gasteiger partial charge in [0, 0.05) is 12.4 Å². The van der Waals surface area contributed by atoms with Crippen LogP contribution in [0.25, 0.3) is 0 Å². The highest BCUT2D eigenvalue weighted by Crippen LogP contribution is 2.36. The summed E-state index contributed by atoms with van der Waals surface area (Å²) >= 11 is 0. The summed E-state index contributed by atoms with van der Waals surface area (Å²) in [5.41, 5.74) is 12.2. The zero-order valence-electron chi connectivity index (χ0n) is 22.3. The Kier molecular flexibility index (Phi) is 7.95. The lowest BCUT2D eigenvalue weighted by molar-refractivity contribution is 0.583. The van der Waals surface area contributed by atoms with Gasteiger partial charge in [0.2, 0.25) is 0 Å². The van der Waals surface area contributed by atoms with Gasteiger partial charge in [0.15, 0.2) is 0 Å². The van der Waals surface area contributed by atoms with Crippen LogP contribution in [0.3, 0.4) is 0 Å². The van der Waals surface area contributed by atoms with Crippen LogP contribution in [-0.2, 0) is 0 Å². The fraction of sp³-hybridized carbons (Fsp3) is 0.235. The molecule has 0 radical (unpaired) electrons. The maximum Gasteiger partial charge on any atom is 0.101 e. The minimum absolute atomic E-state index is 0.156. The molecule has 0 aromatic heterocycles. The Morgan fingerprint density at radius 1 is 0.472 bits per heavy atom. The summed E-state index contributed by atoms with van der Waals surface area (Å²) in [4.78, 5) is 10.4. The Balaban J connectivity index is 1.84. The monoisotopic (exact) mass is 472 g/mol. The molecular weight excluding hydrogens is 436 g/mol. The number of hydrogen-bond donors (Lipinski definition) is 0. The first-order valence-corrected chi connectivity index (χ1v) is 12.7. The van der Waals surface area contributed by atoms with Gasteiger partial charge in [-0.3, -0.25) is 9.98 Å². The lowest BCUT2D eigenvalue weighted by atomic mass is 9.93. The van der Waals surface area contributed by atoms with Crippen molar-refractivity contribution in [3.8, 4) is 0 Å². The zero-order chi connectivity index (χ0) is 25.7. The molecule has 0 amide bonds. The van der Waals surface area contributed by atoms with Crippen LogP contribution in [0.15, 0.2) is 94.9 Å². The molecule has 4 aromatic rings. The van der Waals surface area contributed by atoms with E-state index in [1.807, 2.05) is 0 Å². The van der Waals surface area contributed by atoms with Crippen LogP contribution >= 0.6 is 0 Å². The van der Waals surface area contributed by atoms with Crippen molar-refractivity contribution >= 4 is 12.4 Å². The maximum absolute atomic E-state index is 5.22. The Bertz CT molecular complexity index is 1230. The molecule has 182 valence electrons. The second-order valence-electron chi connectivity index (χ2n) is 9.89. The highest BCUT2D eigenvalue weighted by Gasteiger charge is 2.23. The van der Waals surface area contributed by atoms with Gasteiger partial charge in [-0.15, -0.1) is 0 Å². The van der Waals surface area contributed by atoms with Gasteiger partial charge in [-0.1, -0.05) is 96.1 Å². The molecule has 0 fully saturated rings. The maximum atomic E-state index is 5.22. The normalized spacial score (nSPS) is 13.4. The standard InChI is InChI=1S/C34H36N2/c1-23-17-25(3)31(26(4)18-23)21-35-33(29-13-9-7-10-14-29)34(30-15-11-8-12-16-30)36-22-32-27(5)19-24(2)20-28(32)6/h7-22,33-34H,1-6H3/t33-,34-/m1/s1. The van der Waals surface area contributed by atoms with E-state index in [2.05, 4.69) is 139 Å². The van der Waals surface area contributed by atoms with E-state index in [1.165, 1.54) is 44.5 Å². The van der Waals surface area contributed by atoms with E-state index in [0.717, 1.165) is 11.1 Å². The van der Waals surface area contributed by atoms with Crippen molar-refractivity contribution in [2.45, 2.75) is 53.6 Å². The molecule has 36 heavy (non-hydrogen) atoms. The third-order valence-corrected chi connectivity index (χ3v) is 6.79. The predicted molar refractivity (Wildman–Crippen MR) is 155 cm³/mol. The Morgan fingerprint density at radius 3 is 1.08 bits per heavy atom. The Labute approximate surface area is 216 Å². The fourth-order valence-corrected chi connectivity index (χ4v) is 5.10. The average Bonchev–Trinajstić information content (AvgIpc) is 2.84. The highest BCUT2D eigenvalue weighted by atomic mass is 14.9. The van der Waals surface area contributed by atoms with Crippen LogP contribution in [0.4, 0.5) is 0 Å². The Hall–Kier alpha value is -3.78. The molecule has 0 aliphatic rings. The van der Waals surface area contributed by atoms with Gasteiger partial charge in [-0.05, 0) is 86.1 Å². The van der Waals surface area contributed by atoms with E-state index < -0.39 is 0 Å². The predicted octanol–water partition coefficient (Wildman–Crippen LogP) is 8.56. The van der Waals surface area contributed by atoms with Gasteiger partial charge in [0.05, 0.1) is 0 Å². The molecule has 4 aromatic carbocycles. The van der Waals surface area contributed by atoms with Crippen LogP contribution in [0, 0.1) is 41.5 Å². The van der Waals surface area contributed by atoms with Crippen molar-refractivity contribution < 1.29 is 0 Å². The van der Waals surface area contributed by atoms with Crippen molar-refractivity contribution in [1.29, 1.82) is 0 Å². The summed E-state index contributed by atoms with van der Waals surface area (Å²) in [5, 5.41) is 0. The molecule has 2 nitrogen and oxygen atoms in total. The molecule has 0 unspecified atom stereocenters. The van der Waals surface area contributed by atoms with Gasteiger partial charge in [0.25, 0.3) is 0 Å². The molecule has 0 saturated carbocycles. The van der Waals surface area contributed by atoms with E-state index >= 15 is 0 Å². The first kappa shape index (κ1) is 25.3. The van der Waals surface area contributed by atoms with Crippen LogP contribution in [0.1, 0.15) is 67.7 Å². The van der Waals surface area contributed by atoms with Crippen molar-refractivity contribution in [3.63, 3.8) is 0 Å². The molecule has 0 spiro atoms. The van der Waals surface area contributed by atoms with Crippen molar-refractivity contribution in [1.82, 2.24) is 0 Å². The lowest BCUT2D eigenvalue weighted by Gasteiger charge is -2.22. The second kappa shape index (κ2) is 11.3. The summed E-state index contributed by atoms with van der Waals surface area (Å²) < 4.78 is 0. The molecule has 0 aliphatic carbocycles. The van der Waals surface area contributed by atoms with E-state index in [9.17, 15) is 0 Å². The molecule has 0 bridgehead atoms. The number of benzene rings is 4. The summed E-state index contributed by atoms with van der Waals surface area (Å²) in [7, 11) is 0. The van der Waals surface area contributed by atoms with Gasteiger partial charge in [0.1, 0.15) is 12.1 Å². The summed E-state index contributed by atoms with van der Waals surface area (Å²) in [6.45, 7) is 12.9. The van der Waals surface area contributed by atoms with Crippen LogP contribution in [0.5, 0.6) is 0 Å². The van der Waals surface area contributed by atoms with Gasteiger partial charge < -0.3 is 0 Å². The van der Waals surface area contributed by atoms with Gasteiger partial charge in [-0.25, -0.2) is 0 Å². The van der Waals surface area contributed by atoms with Crippen molar-refractivity contribution in [2.75, 3.05) is 0 Å². The van der Waals surface area contributed by atoms with E-state index in [1.54, 1.807) is 0 Å². The van der Waals surface area contributed by atoms with Gasteiger partial charge >= 0.3 is 0 Å². The van der Waals surface area contributed by atoms with E-state index in [0.29, 0.717) is 0 Å². The summed E-state index contributed by atoms with van der Waals surface area (Å²) in [5.74, 6) is 0. The minimum atomic E-state index is -0.156. The van der Waals surface area contributed by atoms with E-state index in [-0.39, 0.29) is 12.1 Å². The van der Waals surface area contributed by atoms with Crippen LogP contribution in [-0.4, -0.2) is 12.4 Å². The number of nitrogens with zero attached hydrogens (tertiary/aromatic N) is 2. The first-order chi connectivity index (χ1) is 17.3. The molecule has 2 heteroatoms. The molecule has 0 aliphatic heterocycles.